The molecule has 1 aromatic rings. The number of halogens is 3. The molecule has 0 aliphatic heterocycles. The Morgan fingerprint density at radius 1 is 1.16 bits per heavy atom. The fourth-order valence-electron chi connectivity index (χ4n) is 1.21. The number of hydroxylamine groups is 1. The summed E-state index contributed by atoms with van der Waals surface area (Å²) in [5, 5.41) is 0. The first-order valence-corrected chi connectivity index (χ1v) is 5.29. The van der Waals surface area contributed by atoms with Crippen molar-refractivity contribution in [2.75, 3.05) is 0 Å². The Bertz CT molecular complexity index is 473. The van der Waals surface area contributed by atoms with Crippen molar-refractivity contribution in [1.82, 2.24) is 5.48 Å². The normalized spacial score (nSPS) is 14.6. The van der Waals surface area contributed by atoms with Crippen LogP contribution in [0.25, 0.3) is 0 Å². The van der Waals surface area contributed by atoms with Gasteiger partial charge in [0, 0.05) is 0 Å². The van der Waals surface area contributed by atoms with Crippen molar-refractivity contribution in [2.45, 2.75) is 25.6 Å². The van der Waals surface area contributed by atoms with E-state index in [-0.39, 0.29) is 5.75 Å². The molecule has 0 unspecified atom stereocenters. The van der Waals surface area contributed by atoms with Gasteiger partial charge >= 0.3 is 6.18 Å². The Hall–Kier alpha value is -1.89. The number of carbonyl (C=O) groups is 2. The van der Waals surface area contributed by atoms with E-state index in [4.69, 9.17) is 4.84 Å². The average Bonchev–Trinajstić information content (AvgIpc) is 2.35. The zero-order valence-corrected chi connectivity index (χ0v) is 10.2. The third-order valence-electron chi connectivity index (χ3n) is 2.53. The fourth-order valence-corrected chi connectivity index (χ4v) is 1.21. The summed E-state index contributed by atoms with van der Waals surface area (Å²) in [4.78, 5) is 27.4. The number of hydrogen-bond donors (Lipinski definition) is 1. The molecule has 104 valence electrons. The van der Waals surface area contributed by atoms with Gasteiger partial charge in [0.05, 0.1) is 0 Å². The van der Waals surface area contributed by atoms with Crippen LogP contribution in [0, 0.1) is 0 Å². The molecule has 0 aromatic heterocycles. The Morgan fingerprint density at radius 2 is 1.68 bits per heavy atom. The van der Waals surface area contributed by atoms with Gasteiger partial charge in [-0.05, 0) is 26.0 Å². The smallest absolute Gasteiger partial charge is 0.407 e. The van der Waals surface area contributed by atoms with Gasteiger partial charge in [0.25, 0.3) is 5.78 Å². The molecular formula is C12H12F3NO3. The van der Waals surface area contributed by atoms with Gasteiger partial charge in [-0.1, -0.05) is 18.2 Å². The standard InChI is InChI=1S/C12H12F3NO3/c1-8(17)11(2,10(18)12(13,14)15)16-19-9-6-4-3-5-7-9/h3-7,16H,1-2H3/t11-/m0/s1. The third-order valence-corrected chi connectivity index (χ3v) is 2.53. The lowest BCUT2D eigenvalue weighted by atomic mass is 9.92. The molecule has 0 heterocycles. The van der Waals surface area contributed by atoms with E-state index in [1.807, 2.05) is 5.48 Å². The second-order valence-electron chi connectivity index (χ2n) is 4.03. The van der Waals surface area contributed by atoms with Crippen LogP contribution < -0.4 is 10.3 Å². The summed E-state index contributed by atoms with van der Waals surface area (Å²) in [6, 6.07) is 7.79. The molecule has 0 bridgehead atoms. The lowest BCUT2D eigenvalue weighted by molar-refractivity contribution is -0.182. The summed E-state index contributed by atoms with van der Waals surface area (Å²) in [7, 11) is 0. The minimum atomic E-state index is -5.13. The highest BCUT2D eigenvalue weighted by atomic mass is 19.4. The quantitative estimate of drug-likeness (QED) is 0.660. The van der Waals surface area contributed by atoms with Crippen LogP contribution in [0.15, 0.2) is 30.3 Å². The van der Waals surface area contributed by atoms with E-state index in [1.165, 1.54) is 12.1 Å². The molecule has 19 heavy (non-hydrogen) atoms. The SMILES string of the molecule is CC(=O)[C@](C)(NOc1ccccc1)C(=O)C(F)(F)F. The number of para-hydroxylation sites is 1. The number of Topliss-reactive ketones (excluding diaryl/α,β-unsaturated/α-hetero) is 2. The van der Waals surface area contributed by atoms with Crippen molar-refractivity contribution in [1.29, 1.82) is 0 Å². The number of nitrogens with one attached hydrogen (secondary N) is 1. The number of hydrogen-bond acceptors (Lipinski definition) is 4. The first-order valence-electron chi connectivity index (χ1n) is 5.29. The van der Waals surface area contributed by atoms with Crippen LogP contribution in [0.5, 0.6) is 5.75 Å². The van der Waals surface area contributed by atoms with Crippen molar-refractivity contribution < 1.29 is 27.6 Å². The highest BCUT2D eigenvalue weighted by Crippen LogP contribution is 2.24. The zero-order valence-electron chi connectivity index (χ0n) is 10.2. The second-order valence-corrected chi connectivity index (χ2v) is 4.03. The molecule has 0 saturated heterocycles. The second kappa shape index (κ2) is 5.40. The summed E-state index contributed by atoms with van der Waals surface area (Å²) in [5.41, 5.74) is -0.579. The van der Waals surface area contributed by atoms with Gasteiger partial charge in [0.1, 0.15) is 5.75 Å². The van der Waals surface area contributed by atoms with Crippen molar-refractivity contribution in [2.24, 2.45) is 0 Å². The largest absolute Gasteiger partial charge is 0.452 e. The van der Waals surface area contributed by atoms with Crippen molar-refractivity contribution in [3.05, 3.63) is 30.3 Å². The molecular weight excluding hydrogens is 263 g/mol. The molecule has 1 atom stereocenters. The minimum Gasteiger partial charge on any atom is -0.407 e. The van der Waals surface area contributed by atoms with E-state index >= 15 is 0 Å². The summed E-state index contributed by atoms with van der Waals surface area (Å²) >= 11 is 0. The van der Waals surface area contributed by atoms with E-state index in [1.54, 1.807) is 18.2 Å². The summed E-state index contributed by atoms with van der Waals surface area (Å²) < 4.78 is 37.3. The molecule has 0 aliphatic rings. The minimum absolute atomic E-state index is 0.185. The molecule has 0 fully saturated rings. The maximum Gasteiger partial charge on any atom is 0.452 e. The third kappa shape index (κ3) is 3.54. The van der Waals surface area contributed by atoms with Gasteiger partial charge in [-0.2, -0.15) is 13.2 Å². The molecule has 1 N–H and O–H groups in total. The van der Waals surface area contributed by atoms with Crippen LogP contribution in [0.3, 0.4) is 0 Å². The lowest BCUT2D eigenvalue weighted by Crippen LogP contribution is -2.60. The fraction of sp³-hybridized carbons (Fsp3) is 0.333. The summed E-state index contributed by atoms with van der Waals surface area (Å²) in [6.45, 7) is 1.71. The van der Waals surface area contributed by atoms with Crippen molar-refractivity contribution >= 4 is 11.6 Å². The predicted octanol–water partition coefficient (Wildman–Crippen LogP) is 2.05. The first-order chi connectivity index (χ1) is 8.68. The van der Waals surface area contributed by atoms with Crippen LogP contribution in [0.4, 0.5) is 13.2 Å². The van der Waals surface area contributed by atoms with Gasteiger partial charge < -0.3 is 4.84 Å². The number of rotatable bonds is 5. The van der Waals surface area contributed by atoms with Crippen LogP contribution in [-0.4, -0.2) is 23.3 Å². The summed E-state index contributed by atoms with van der Waals surface area (Å²) in [6.07, 6.45) is -5.13. The zero-order chi connectivity index (χ0) is 14.7. The van der Waals surface area contributed by atoms with Crippen LogP contribution >= 0.6 is 0 Å². The van der Waals surface area contributed by atoms with Crippen LogP contribution in [0.1, 0.15) is 13.8 Å². The van der Waals surface area contributed by atoms with Gasteiger partial charge in [-0.3, -0.25) is 9.59 Å². The Balaban J connectivity index is 2.90. The van der Waals surface area contributed by atoms with Gasteiger partial charge in [0.2, 0.25) is 0 Å². The molecule has 0 radical (unpaired) electrons. The van der Waals surface area contributed by atoms with E-state index in [2.05, 4.69) is 0 Å². The molecule has 4 nitrogen and oxygen atoms in total. The molecule has 0 saturated carbocycles. The van der Waals surface area contributed by atoms with E-state index in [9.17, 15) is 22.8 Å². The molecule has 0 aliphatic carbocycles. The van der Waals surface area contributed by atoms with Crippen molar-refractivity contribution in [3.8, 4) is 5.75 Å². The van der Waals surface area contributed by atoms with Crippen LogP contribution in [0.2, 0.25) is 0 Å². The monoisotopic (exact) mass is 275 g/mol. The number of alkyl halides is 3. The van der Waals surface area contributed by atoms with Gasteiger partial charge in [0.15, 0.2) is 11.3 Å². The maximum absolute atomic E-state index is 12.4. The topological polar surface area (TPSA) is 55.4 Å². The molecule has 7 heteroatoms. The number of benzene rings is 1. The Labute approximate surface area is 107 Å². The van der Waals surface area contributed by atoms with E-state index in [0.29, 0.717) is 0 Å². The molecule has 1 aromatic carbocycles. The van der Waals surface area contributed by atoms with Crippen LogP contribution in [-0.2, 0) is 9.59 Å². The lowest BCUT2D eigenvalue weighted by Gasteiger charge is -2.26. The number of carbonyl (C=O) groups excluding carboxylic acids is 2. The molecule has 1 rings (SSSR count). The average molecular weight is 275 g/mol. The predicted molar refractivity (Wildman–Crippen MR) is 60.4 cm³/mol. The summed E-state index contributed by atoms with van der Waals surface area (Å²) in [5.74, 6) is -3.01. The van der Waals surface area contributed by atoms with E-state index in [0.717, 1.165) is 13.8 Å². The van der Waals surface area contributed by atoms with Crippen molar-refractivity contribution in [3.63, 3.8) is 0 Å². The Kier molecular flexibility index (Phi) is 4.31. The van der Waals surface area contributed by atoms with Gasteiger partial charge in [-0.25, -0.2) is 0 Å². The highest BCUT2D eigenvalue weighted by Gasteiger charge is 2.53. The highest BCUT2D eigenvalue weighted by molar-refractivity contribution is 6.12. The first kappa shape index (κ1) is 15.2. The Morgan fingerprint density at radius 3 is 2.11 bits per heavy atom. The maximum atomic E-state index is 12.4. The molecule has 0 spiro atoms. The van der Waals surface area contributed by atoms with E-state index < -0.39 is 23.3 Å². The number of ketones is 2. The molecule has 0 amide bonds. The van der Waals surface area contributed by atoms with Gasteiger partial charge in [-0.15, -0.1) is 5.48 Å².